The molecular formula is C40H71N2O12. The summed E-state index contributed by atoms with van der Waals surface area (Å²) in [4.78, 5) is 61.3. The summed E-state index contributed by atoms with van der Waals surface area (Å²) in [5.74, 6) is -3.66. The van der Waals surface area contributed by atoms with Crippen molar-refractivity contribution in [2.45, 2.75) is 134 Å². The number of ketones is 1. The maximum atomic E-state index is 13.3. The molecule has 2 amide bonds. The Labute approximate surface area is 323 Å². The van der Waals surface area contributed by atoms with E-state index < -0.39 is 23.8 Å². The summed E-state index contributed by atoms with van der Waals surface area (Å²) in [5.41, 5.74) is 0. The second kappa shape index (κ2) is 37.4. The van der Waals surface area contributed by atoms with Crippen molar-refractivity contribution in [2.75, 3.05) is 85.8 Å². The molecule has 0 bridgehead atoms. The predicted octanol–water partition coefficient (Wildman–Crippen LogP) is 4.88. The van der Waals surface area contributed by atoms with Crippen molar-refractivity contribution in [1.29, 1.82) is 0 Å². The first-order valence-electron chi connectivity index (χ1n) is 20.6. The van der Waals surface area contributed by atoms with Crippen LogP contribution in [-0.4, -0.2) is 127 Å². The van der Waals surface area contributed by atoms with E-state index in [1.807, 2.05) is 0 Å². The molecule has 0 aromatic carbocycles. The molecule has 1 saturated heterocycles. The first kappa shape index (κ1) is 49.5. The van der Waals surface area contributed by atoms with Crippen molar-refractivity contribution in [2.24, 2.45) is 5.92 Å². The van der Waals surface area contributed by atoms with E-state index in [-0.39, 0.29) is 50.5 Å². The quantitative estimate of drug-likeness (QED) is 0.0947. The van der Waals surface area contributed by atoms with Gasteiger partial charge in [-0.25, -0.2) is 4.79 Å². The molecule has 3 N–H and O–H groups in total. The summed E-state index contributed by atoms with van der Waals surface area (Å²) in [7, 11) is 0. The van der Waals surface area contributed by atoms with E-state index in [1.54, 1.807) is 6.29 Å². The van der Waals surface area contributed by atoms with Gasteiger partial charge in [-0.2, -0.15) is 0 Å². The van der Waals surface area contributed by atoms with E-state index >= 15 is 0 Å². The van der Waals surface area contributed by atoms with Gasteiger partial charge >= 0.3 is 5.97 Å². The summed E-state index contributed by atoms with van der Waals surface area (Å²) < 4.78 is 32.5. The van der Waals surface area contributed by atoms with E-state index in [9.17, 15) is 29.1 Å². The number of rotatable bonds is 23. The number of ether oxygens (including phenoxy) is 6. The zero-order valence-electron chi connectivity index (χ0n) is 32.9. The highest BCUT2D eigenvalue weighted by Gasteiger charge is 2.32. The minimum atomic E-state index is -1.33. The molecule has 0 spiro atoms. The van der Waals surface area contributed by atoms with Crippen molar-refractivity contribution in [3.8, 4) is 0 Å². The number of aliphatic carboxylic acids is 1. The number of carboxylic acids is 1. The van der Waals surface area contributed by atoms with Gasteiger partial charge in [-0.05, 0) is 19.3 Å². The number of hydrogen-bond donors (Lipinski definition) is 3. The molecule has 1 unspecified atom stereocenters. The van der Waals surface area contributed by atoms with Gasteiger partial charge in [0.25, 0.3) is 0 Å². The number of hydrogen-bond acceptors (Lipinski definition) is 11. The summed E-state index contributed by atoms with van der Waals surface area (Å²) >= 11 is 0. The van der Waals surface area contributed by atoms with Gasteiger partial charge in [0.05, 0.1) is 85.2 Å². The van der Waals surface area contributed by atoms with Crippen LogP contribution >= 0.6 is 0 Å². The molecule has 14 nitrogen and oxygen atoms in total. The Morgan fingerprint density at radius 3 is 1.35 bits per heavy atom. The molecule has 1 heterocycles. The van der Waals surface area contributed by atoms with Crippen LogP contribution in [0.4, 0.5) is 0 Å². The Bertz CT molecular complexity index is 954. The van der Waals surface area contributed by atoms with Gasteiger partial charge in [0.15, 0.2) is 0 Å². The fourth-order valence-corrected chi connectivity index (χ4v) is 6.03. The van der Waals surface area contributed by atoms with Crippen molar-refractivity contribution < 1.29 is 57.5 Å². The number of nitrogens with one attached hydrogen (secondary N) is 2. The highest BCUT2D eigenvalue weighted by Crippen LogP contribution is 2.18. The molecule has 0 aromatic heterocycles. The van der Waals surface area contributed by atoms with Gasteiger partial charge in [-0.1, -0.05) is 89.9 Å². The average Bonchev–Trinajstić information content (AvgIpc) is 3.15. The van der Waals surface area contributed by atoms with E-state index in [2.05, 4.69) is 10.6 Å². The van der Waals surface area contributed by atoms with Crippen LogP contribution < -0.4 is 10.6 Å². The highest BCUT2D eigenvalue weighted by molar-refractivity contribution is 6.02. The van der Waals surface area contributed by atoms with Gasteiger partial charge in [0.2, 0.25) is 18.1 Å². The van der Waals surface area contributed by atoms with E-state index in [0.29, 0.717) is 85.5 Å². The smallest absolute Gasteiger partial charge is 0.326 e. The maximum absolute atomic E-state index is 13.3. The minimum Gasteiger partial charge on any atom is -0.480 e. The minimum absolute atomic E-state index is 0.148. The summed E-state index contributed by atoms with van der Waals surface area (Å²) in [5, 5.41) is 15.2. The Morgan fingerprint density at radius 1 is 0.574 bits per heavy atom. The van der Waals surface area contributed by atoms with Crippen LogP contribution in [0.1, 0.15) is 128 Å². The zero-order chi connectivity index (χ0) is 39.2. The third kappa shape index (κ3) is 30.8. The van der Waals surface area contributed by atoms with Crippen LogP contribution in [0.2, 0.25) is 0 Å². The summed E-state index contributed by atoms with van der Waals surface area (Å²) in [6.07, 6.45) is 19.7. The van der Waals surface area contributed by atoms with E-state index in [4.69, 9.17) is 28.4 Å². The molecule has 0 saturated carbocycles. The molecule has 1 aliphatic heterocycles. The van der Waals surface area contributed by atoms with Gasteiger partial charge in [-0.15, -0.1) is 0 Å². The molecular weight excluding hydrogens is 700 g/mol. The monoisotopic (exact) mass is 772 g/mol. The SMILES string of the molecule is O=[C]CCOCCOCCOCCOCCOCCOCCNC(=O)C1C[C@@H](C(=O)O)NC(=O)CCCCCCCCCCCCCCCCCCC1=O. The van der Waals surface area contributed by atoms with Crippen LogP contribution in [0, 0.1) is 5.92 Å². The van der Waals surface area contributed by atoms with Gasteiger partial charge in [0, 0.05) is 25.8 Å². The topological polar surface area (TPSA) is 185 Å². The predicted molar refractivity (Wildman–Crippen MR) is 204 cm³/mol. The number of Topliss-reactive ketones (excluding diaryl/α,β-unsaturated/α-hetero) is 1. The Hall–Kier alpha value is -2.49. The largest absolute Gasteiger partial charge is 0.480 e. The molecule has 14 heteroatoms. The standard InChI is InChI=1S/C40H71N2O12/c43-21-17-22-49-24-26-51-28-30-53-32-33-54-31-29-52-27-25-50-23-20-41-39(46)35-34-36(40(47)48)42-38(45)19-16-14-12-10-8-6-4-2-1-3-5-7-9-11-13-15-18-37(35)44/h35-36H,1-20,22-34H2,(H,41,46)(H,42,45)(H,47,48)/t35?,36-/m0/s1. The Kier molecular flexibility index (Phi) is 34.3. The molecule has 2 atom stereocenters. The van der Waals surface area contributed by atoms with Crippen LogP contribution in [0.5, 0.6) is 0 Å². The molecule has 1 fully saturated rings. The normalized spacial score (nSPS) is 19.7. The number of carbonyl (C=O) groups excluding carboxylic acids is 4. The zero-order valence-corrected chi connectivity index (χ0v) is 32.9. The maximum Gasteiger partial charge on any atom is 0.326 e. The average molecular weight is 772 g/mol. The number of amides is 2. The molecule has 313 valence electrons. The molecule has 1 radical (unpaired) electrons. The van der Waals surface area contributed by atoms with Crippen molar-refractivity contribution >= 4 is 29.9 Å². The third-order valence-corrected chi connectivity index (χ3v) is 9.14. The lowest BCUT2D eigenvalue weighted by Gasteiger charge is -2.21. The van der Waals surface area contributed by atoms with E-state index in [1.165, 1.54) is 51.4 Å². The van der Waals surface area contributed by atoms with Gasteiger partial charge in [0.1, 0.15) is 11.8 Å². The fraction of sp³-hybridized carbons (Fsp3) is 0.875. The summed E-state index contributed by atoms with van der Waals surface area (Å²) in [6, 6.07) is -1.33. The van der Waals surface area contributed by atoms with Crippen molar-refractivity contribution in [3.05, 3.63) is 0 Å². The third-order valence-electron chi connectivity index (χ3n) is 9.14. The van der Waals surface area contributed by atoms with Crippen LogP contribution in [0.3, 0.4) is 0 Å². The fourth-order valence-electron chi connectivity index (χ4n) is 6.03. The van der Waals surface area contributed by atoms with Crippen molar-refractivity contribution in [1.82, 2.24) is 10.6 Å². The lowest BCUT2D eigenvalue weighted by molar-refractivity contribution is -0.143. The second-order valence-corrected chi connectivity index (χ2v) is 13.7. The first-order valence-corrected chi connectivity index (χ1v) is 20.6. The number of carboxylic acid groups (broad SMARTS) is 1. The lowest BCUT2D eigenvalue weighted by Crippen LogP contribution is -2.46. The Balaban J connectivity index is 2.34. The number of carbonyl (C=O) groups is 4. The van der Waals surface area contributed by atoms with E-state index in [0.717, 1.165) is 38.5 Å². The second-order valence-electron chi connectivity index (χ2n) is 13.7. The van der Waals surface area contributed by atoms with Gasteiger partial charge in [-0.3, -0.25) is 19.2 Å². The Morgan fingerprint density at radius 2 is 0.944 bits per heavy atom. The summed E-state index contributed by atoms with van der Waals surface area (Å²) in [6.45, 7) is 4.72. The molecule has 1 aliphatic rings. The molecule has 54 heavy (non-hydrogen) atoms. The van der Waals surface area contributed by atoms with Crippen molar-refractivity contribution in [3.63, 3.8) is 0 Å². The molecule has 0 aliphatic carbocycles. The lowest BCUT2D eigenvalue weighted by atomic mass is 9.91. The highest BCUT2D eigenvalue weighted by atomic mass is 16.6. The van der Waals surface area contributed by atoms with Crippen LogP contribution in [0.25, 0.3) is 0 Å². The van der Waals surface area contributed by atoms with Gasteiger partial charge < -0.3 is 44.2 Å². The van der Waals surface area contributed by atoms with Crippen LogP contribution in [-0.2, 0) is 52.4 Å². The first-order chi connectivity index (χ1) is 26.5. The van der Waals surface area contributed by atoms with Crippen LogP contribution in [0.15, 0.2) is 0 Å². The molecule has 0 aromatic rings. The molecule has 1 rings (SSSR count).